The maximum atomic E-state index is 13.0. The van der Waals surface area contributed by atoms with E-state index in [1.54, 1.807) is 6.07 Å². The van der Waals surface area contributed by atoms with Crippen LogP contribution in [0.15, 0.2) is 23.6 Å². The van der Waals surface area contributed by atoms with Crippen LogP contribution in [0.25, 0.3) is 11.3 Å². The molecule has 1 heterocycles. The highest BCUT2D eigenvalue weighted by Crippen LogP contribution is 2.32. The van der Waals surface area contributed by atoms with Crippen molar-refractivity contribution in [3.63, 3.8) is 0 Å². The lowest BCUT2D eigenvalue weighted by Crippen LogP contribution is -2.16. The van der Waals surface area contributed by atoms with Gasteiger partial charge in [-0.3, -0.25) is 0 Å². The zero-order valence-corrected chi connectivity index (χ0v) is 11.7. The molecule has 2 nitrogen and oxygen atoms in total. The van der Waals surface area contributed by atoms with E-state index >= 15 is 0 Å². The van der Waals surface area contributed by atoms with Gasteiger partial charge in [-0.15, -0.1) is 11.3 Å². The summed E-state index contributed by atoms with van der Waals surface area (Å²) >= 11 is 7.51. The van der Waals surface area contributed by atoms with E-state index in [9.17, 15) is 4.39 Å². The summed E-state index contributed by atoms with van der Waals surface area (Å²) in [6.45, 7) is 4.10. The molecule has 0 amide bonds. The average Bonchev–Trinajstić information content (AvgIpc) is 2.77. The van der Waals surface area contributed by atoms with Gasteiger partial charge in [0, 0.05) is 10.9 Å². The van der Waals surface area contributed by atoms with Gasteiger partial charge in [-0.05, 0) is 24.1 Å². The van der Waals surface area contributed by atoms with Crippen molar-refractivity contribution in [3.05, 3.63) is 39.4 Å². The summed E-state index contributed by atoms with van der Waals surface area (Å²) in [7, 11) is 0. The van der Waals surface area contributed by atoms with Crippen molar-refractivity contribution in [2.75, 3.05) is 0 Å². The number of rotatable bonds is 3. The van der Waals surface area contributed by atoms with E-state index in [0.717, 1.165) is 16.3 Å². The highest BCUT2D eigenvalue weighted by molar-refractivity contribution is 7.10. The SMILES string of the molecule is CC(C)C(N)c1nc(-c2ccc(F)cc2Cl)cs1. The second-order valence-corrected chi connectivity index (χ2v) is 5.76. The first-order chi connectivity index (χ1) is 8.49. The van der Waals surface area contributed by atoms with Crippen LogP contribution in [-0.2, 0) is 0 Å². The Bertz CT molecular complexity index is 554. The quantitative estimate of drug-likeness (QED) is 0.915. The molecule has 0 spiro atoms. The van der Waals surface area contributed by atoms with Gasteiger partial charge in [0.05, 0.1) is 16.8 Å². The molecule has 0 saturated carbocycles. The molecule has 0 aliphatic rings. The number of aromatic nitrogens is 1. The topological polar surface area (TPSA) is 38.9 Å². The number of nitrogens with two attached hydrogens (primary N) is 1. The number of hydrogen-bond acceptors (Lipinski definition) is 3. The molecule has 5 heteroatoms. The molecule has 1 aromatic carbocycles. The molecular weight excluding hydrogens is 271 g/mol. The molecule has 0 fully saturated rings. The smallest absolute Gasteiger partial charge is 0.124 e. The minimum atomic E-state index is -0.349. The van der Waals surface area contributed by atoms with E-state index in [4.69, 9.17) is 17.3 Å². The van der Waals surface area contributed by atoms with E-state index in [1.807, 2.05) is 5.38 Å². The van der Waals surface area contributed by atoms with Crippen molar-refractivity contribution in [2.24, 2.45) is 11.7 Å². The fourth-order valence-corrected chi connectivity index (χ4v) is 2.80. The summed E-state index contributed by atoms with van der Waals surface area (Å²) in [6.07, 6.45) is 0. The summed E-state index contributed by atoms with van der Waals surface area (Å²) < 4.78 is 13.0. The Labute approximate surface area is 115 Å². The summed E-state index contributed by atoms with van der Waals surface area (Å²) in [5, 5.41) is 3.14. The van der Waals surface area contributed by atoms with Gasteiger partial charge in [0.1, 0.15) is 10.8 Å². The van der Waals surface area contributed by atoms with Gasteiger partial charge < -0.3 is 5.73 Å². The summed E-state index contributed by atoms with van der Waals surface area (Å²) in [5.41, 5.74) is 7.53. The zero-order valence-electron chi connectivity index (χ0n) is 10.2. The van der Waals surface area contributed by atoms with Crippen molar-refractivity contribution in [1.82, 2.24) is 4.98 Å². The van der Waals surface area contributed by atoms with Crippen molar-refractivity contribution in [2.45, 2.75) is 19.9 Å². The van der Waals surface area contributed by atoms with Crippen LogP contribution in [0.5, 0.6) is 0 Å². The second kappa shape index (κ2) is 5.34. The van der Waals surface area contributed by atoms with Crippen LogP contribution >= 0.6 is 22.9 Å². The van der Waals surface area contributed by atoms with E-state index in [-0.39, 0.29) is 11.9 Å². The van der Waals surface area contributed by atoms with Crippen LogP contribution in [-0.4, -0.2) is 4.98 Å². The maximum Gasteiger partial charge on any atom is 0.124 e. The fourth-order valence-electron chi connectivity index (χ4n) is 1.55. The molecule has 18 heavy (non-hydrogen) atoms. The first kappa shape index (κ1) is 13.5. The fraction of sp³-hybridized carbons (Fsp3) is 0.308. The third kappa shape index (κ3) is 2.71. The third-order valence-corrected chi connectivity index (χ3v) is 3.99. The lowest BCUT2D eigenvalue weighted by atomic mass is 10.1. The summed E-state index contributed by atoms with van der Waals surface area (Å²) in [5.74, 6) is -0.0224. The molecular formula is C13H14ClFN2S. The number of benzene rings is 1. The van der Waals surface area contributed by atoms with Crippen molar-refractivity contribution in [1.29, 1.82) is 0 Å². The van der Waals surface area contributed by atoms with Gasteiger partial charge in [-0.2, -0.15) is 0 Å². The maximum absolute atomic E-state index is 13.0. The highest BCUT2D eigenvalue weighted by Gasteiger charge is 2.16. The summed E-state index contributed by atoms with van der Waals surface area (Å²) in [6, 6.07) is 4.22. The molecule has 0 aliphatic heterocycles. The number of thiazole rings is 1. The van der Waals surface area contributed by atoms with Gasteiger partial charge in [-0.25, -0.2) is 9.37 Å². The molecule has 1 aromatic heterocycles. The predicted octanol–water partition coefficient (Wildman–Crippen LogP) is 4.26. The van der Waals surface area contributed by atoms with Gasteiger partial charge in [0.25, 0.3) is 0 Å². The molecule has 2 N–H and O–H groups in total. The van der Waals surface area contributed by atoms with Gasteiger partial charge in [-0.1, -0.05) is 25.4 Å². The lowest BCUT2D eigenvalue weighted by Gasteiger charge is -2.11. The van der Waals surface area contributed by atoms with Crippen molar-refractivity contribution >= 4 is 22.9 Å². The van der Waals surface area contributed by atoms with Crippen LogP contribution in [0, 0.1) is 11.7 Å². The molecule has 1 atom stereocenters. The first-order valence-corrected chi connectivity index (χ1v) is 6.91. The molecule has 96 valence electrons. The molecule has 0 aliphatic carbocycles. The number of halogens is 2. The molecule has 2 rings (SSSR count). The molecule has 0 radical (unpaired) electrons. The Morgan fingerprint density at radius 1 is 1.39 bits per heavy atom. The second-order valence-electron chi connectivity index (χ2n) is 4.46. The van der Waals surface area contributed by atoms with Crippen molar-refractivity contribution in [3.8, 4) is 11.3 Å². The largest absolute Gasteiger partial charge is 0.322 e. The van der Waals surface area contributed by atoms with E-state index in [0.29, 0.717) is 10.9 Å². The number of nitrogens with zero attached hydrogens (tertiary/aromatic N) is 1. The van der Waals surface area contributed by atoms with E-state index in [1.165, 1.54) is 23.5 Å². The monoisotopic (exact) mass is 284 g/mol. The zero-order chi connectivity index (χ0) is 13.3. The van der Waals surface area contributed by atoms with E-state index < -0.39 is 0 Å². The minimum absolute atomic E-state index is 0.0806. The number of hydrogen-bond donors (Lipinski definition) is 1. The van der Waals surface area contributed by atoms with Crippen LogP contribution in [0.1, 0.15) is 24.9 Å². The standard InChI is InChI=1S/C13H14ClFN2S/c1-7(2)12(16)13-17-11(6-18-13)9-4-3-8(15)5-10(9)14/h3-7,12H,16H2,1-2H3. The van der Waals surface area contributed by atoms with Gasteiger partial charge in [0.15, 0.2) is 0 Å². The van der Waals surface area contributed by atoms with Crippen LogP contribution in [0.4, 0.5) is 4.39 Å². The first-order valence-electron chi connectivity index (χ1n) is 5.65. The van der Waals surface area contributed by atoms with Crippen LogP contribution in [0.3, 0.4) is 0 Å². The Hall–Kier alpha value is -0.970. The van der Waals surface area contributed by atoms with Crippen LogP contribution < -0.4 is 5.73 Å². The Kier molecular flexibility index (Phi) is 4.00. The predicted molar refractivity (Wildman–Crippen MR) is 74.3 cm³/mol. The average molecular weight is 285 g/mol. The molecule has 2 aromatic rings. The van der Waals surface area contributed by atoms with Gasteiger partial charge in [0.2, 0.25) is 0 Å². The Morgan fingerprint density at radius 2 is 2.11 bits per heavy atom. The Balaban J connectivity index is 2.35. The third-order valence-electron chi connectivity index (χ3n) is 2.73. The molecule has 0 saturated heterocycles. The minimum Gasteiger partial charge on any atom is -0.322 e. The molecule has 1 unspecified atom stereocenters. The highest BCUT2D eigenvalue weighted by atomic mass is 35.5. The lowest BCUT2D eigenvalue weighted by molar-refractivity contribution is 0.512. The Morgan fingerprint density at radius 3 is 2.72 bits per heavy atom. The van der Waals surface area contributed by atoms with Crippen molar-refractivity contribution < 1.29 is 4.39 Å². The van der Waals surface area contributed by atoms with Crippen LogP contribution in [0.2, 0.25) is 5.02 Å². The summed E-state index contributed by atoms with van der Waals surface area (Å²) in [4.78, 5) is 4.48. The normalized spacial score (nSPS) is 13.0. The van der Waals surface area contributed by atoms with Gasteiger partial charge >= 0.3 is 0 Å². The van der Waals surface area contributed by atoms with E-state index in [2.05, 4.69) is 18.8 Å². The molecule has 0 bridgehead atoms.